The van der Waals surface area contributed by atoms with Gasteiger partial charge in [0.2, 0.25) is 0 Å². The van der Waals surface area contributed by atoms with Crippen molar-refractivity contribution < 1.29 is 19.5 Å². The Morgan fingerprint density at radius 3 is 0.833 bits per heavy atom. The van der Waals surface area contributed by atoms with Gasteiger partial charge in [0, 0.05) is 19.5 Å². The van der Waals surface area contributed by atoms with E-state index in [2.05, 4.69) is 0 Å². The van der Waals surface area contributed by atoms with E-state index in [0.29, 0.717) is 0 Å². The molecule has 0 aromatic heterocycles. The molecule has 38 valence electrons. The summed E-state index contributed by atoms with van der Waals surface area (Å²) >= 11 is 0. The van der Waals surface area contributed by atoms with Crippen LogP contribution in [0.2, 0.25) is 0 Å². The van der Waals surface area contributed by atoms with Crippen LogP contribution in [0.3, 0.4) is 0 Å². The SMILES string of the molecule is C1CCCC1.[Ru]. The molecule has 1 rings (SSSR count). The summed E-state index contributed by atoms with van der Waals surface area (Å²) in [5.74, 6) is 0. The Morgan fingerprint density at radius 1 is 0.500 bits per heavy atom. The van der Waals surface area contributed by atoms with Gasteiger partial charge in [0.05, 0.1) is 0 Å². The van der Waals surface area contributed by atoms with Gasteiger partial charge in [-0.15, -0.1) is 0 Å². The molecule has 1 aliphatic rings. The summed E-state index contributed by atoms with van der Waals surface area (Å²) in [7, 11) is 0. The second-order valence-corrected chi connectivity index (χ2v) is 1.77. The zero-order chi connectivity index (χ0) is 3.54. The Kier molecular flexibility index (Phi) is 4.20. The molecule has 0 atom stereocenters. The van der Waals surface area contributed by atoms with E-state index < -0.39 is 0 Å². The van der Waals surface area contributed by atoms with Crippen molar-refractivity contribution in [3.05, 3.63) is 0 Å². The molecule has 1 fully saturated rings. The molecule has 0 spiro atoms. The van der Waals surface area contributed by atoms with Crippen molar-refractivity contribution in [1.82, 2.24) is 0 Å². The molecule has 0 aromatic rings. The van der Waals surface area contributed by atoms with Crippen LogP contribution in [0.1, 0.15) is 32.1 Å². The fourth-order valence-electron chi connectivity index (χ4n) is 0.884. The molecule has 0 aromatic carbocycles. The van der Waals surface area contributed by atoms with Gasteiger partial charge in [0.1, 0.15) is 0 Å². The summed E-state index contributed by atoms with van der Waals surface area (Å²) in [6.45, 7) is 0. The zero-order valence-electron chi connectivity index (χ0n) is 3.89. The Labute approximate surface area is 52.1 Å². The second kappa shape index (κ2) is 3.80. The van der Waals surface area contributed by atoms with Crippen molar-refractivity contribution in [2.24, 2.45) is 0 Å². The van der Waals surface area contributed by atoms with Gasteiger partial charge in [-0.3, -0.25) is 0 Å². The van der Waals surface area contributed by atoms with Crippen molar-refractivity contribution in [2.45, 2.75) is 32.1 Å². The maximum Gasteiger partial charge on any atom is 0 e. The summed E-state index contributed by atoms with van der Waals surface area (Å²) < 4.78 is 0. The van der Waals surface area contributed by atoms with E-state index >= 15 is 0 Å². The first-order valence-corrected chi connectivity index (χ1v) is 2.50. The minimum Gasteiger partial charge on any atom is -0.0533 e. The quantitative estimate of drug-likeness (QED) is 0.489. The average Bonchev–Trinajstić information content (AvgIpc) is 1.76. The Balaban J connectivity index is 0.000000250. The van der Waals surface area contributed by atoms with Crippen molar-refractivity contribution in [3.63, 3.8) is 0 Å². The molecular formula is C5H10Ru. The van der Waals surface area contributed by atoms with Crippen LogP contribution in [0.15, 0.2) is 0 Å². The monoisotopic (exact) mass is 172 g/mol. The molecule has 0 radical (unpaired) electrons. The standard InChI is InChI=1S/C5H10.Ru/c1-2-4-5-3-1;/h1-5H2;. The molecule has 0 saturated heterocycles. The van der Waals surface area contributed by atoms with Crippen LogP contribution in [0.4, 0.5) is 0 Å². The van der Waals surface area contributed by atoms with Crippen molar-refractivity contribution in [2.75, 3.05) is 0 Å². The first-order valence-electron chi connectivity index (χ1n) is 2.50. The smallest absolute Gasteiger partial charge is 0 e. The topological polar surface area (TPSA) is 0 Å². The van der Waals surface area contributed by atoms with Crippen molar-refractivity contribution in [1.29, 1.82) is 0 Å². The average molecular weight is 171 g/mol. The van der Waals surface area contributed by atoms with E-state index in [1.807, 2.05) is 0 Å². The van der Waals surface area contributed by atoms with Gasteiger partial charge in [-0.05, 0) is 0 Å². The fourth-order valence-corrected chi connectivity index (χ4v) is 0.884. The van der Waals surface area contributed by atoms with Gasteiger partial charge < -0.3 is 0 Å². The largest absolute Gasteiger partial charge is 0.0533 e. The molecule has 1 heteroatoms. The summed E-state index contributed by atoms with van der Waals surface area (Å²) in [6.07, 6.45) is 7.50. The third-order valence-corrected chi connectivity index (χ3v) is 1.25. The zero-order valence-corrected chi connectivity index (χ0v) is 5.63. The molecule has 6 heavy (non-hydrogen) atoms. The predicted octanol–water partition coefficient (Wildman–Crippen LogP) is 1.95. The number of rotatable bonds is 0. The molecule has 0 amide bonds. The van der Waals surface area contributed by atoms with Crippen LogP contribution >= 0.6 is 0 Å². The van der Waals surface area contributed by atoms with Crippen LogP contribution in [0, 0.1) is 0 Å². The van der Waals surface area contributed by atoms with Crippen LogP contribution < -0.4 is 0 Å². The summed E-state index contributed by atoms with van der Waals surface area (Å²) in [5, 5.41) is 0. The molecule has 0 heterocycles. The van der Waals surface area contributed by atoms with Crippen molar-refractivity contribution in [3.8, 4) is 0 Å². The molecular weight excluding hydrogens is 161 g/mol. The van der Waals surface area contributed by atoms with Crippen molar-refractivity contribution >= 4 is 0 Å². The maximum atomic E-state index is 1.50. The van der Waals surface area contributed by atoms with Crippen LogP contribution in [0.5, 0.6) is 0 Å². The predicted molar refractivity (Wildman–Crippen MR) is 23.1 cm³/mol. The summed E-state index contributed by atoms with van der Waals surface area (Å²) in [5.41, 5.74) is 0. The fraction of sp³-hybridized carbons (Fsp3) is 1.00. The minimum atomic E-state index is 0. The van der Waals surface area contributed by atoms with E-state index in [-0.39, 0.29) is 19.5 Å². The second-order valence-electron chi connectivity index (χ2n) is 1.77. The molecule has 0 aliphatic heterocycles. The van der Waals surface area contributed by atoms with Crippen LogP contribution in [-0.2, 0) is 19.5 Å². The molecule has 1 saturated carbocycles. The Hall–Kier alpha value is 0.623. The van der Waals surface area contributed by atoms with Gasteiger partial charge >= 0.3 is 0 Å². The molecule has 0 nitrogen and oxygen atoms in total. The first kappa shape index (κ1) is 6.62. The number of hydrogen-bond acceptors (Lipinski definition) is 0. The Morgan fingerprint density at radius 2 is 0.667 bits per heavy atom. The van der Waals surface area contributed by atoms with Crippen LogP contribution in [0.25, 0.3) is 0 Å². The first-order chi connectivity index (χ1) is 2.50. The number of hydrogen-bond donors (Lipinski definition) is 0. The maximum absolute atomic E-state index is 1.50. The molecule has 1 aliphatic carbocycles. The molecule has 0 N–H and O–H groups in total. The van der Waals surface area contributed by atoms with E-state index in [1.54, 1.807) is 0 Å². The third-order valence-electron chi connectivity index (χ3n) is 1.25. The van der Waals surface area contributed by atoms with Gasteiger partial charge in [-0.1, -0.05) is 32.1 Å². The van der Waals surface area contributed by atoms with E-state index in [1.165, 1.54) is 32.1 Å². The van der Waals surface area contributed by atoms with Crippen LogP contribution in [-0.4, -0.2) is 0 Å². The summed E-state index contributed by atoms with van der Waals surface area (Å²) in [6, 6.07) is 0. The van der Waals surface area contributed by atoms with E-state index in [9.17, 15) is 0 Å². The van der Waals surface area contributed by atoms with E-state index in [0.717, 1.165) is 0 Å². The van der Waals surface area contributed by atoms with Gasteiger partial charge in [-0.2, -0.15) is 0 Å². The van der Waals surface area contributed by atoms with Gasteiger partial charge in [0.25, 0.3) is 0 Å². The van der Waals surface area contributed by atoms with Gasteiger partial charge in [0.15, 0.2) is 0 Å². The van der Waals surface area contributed by atoms with Gasteiger partial charge in [-0.25, -0.2) is 0 Å². The van der Waals surface area contributed by atoms with E-state index in [4.69, 9.17) is 0 Å². The molecule has 0 unspecified atom stereocenters. The normalized spacial score (nSPS) is 20.0. The third kappa shape index (κ3) is 1.92. The minimum absolute atomic E-state index is 0. The Bertz CT molecular complexity index is 15.5. The molecule has 0 bridgehead atoms. The summed E-state index contributed by atoms with van der Waals surface area (Å²) in [4.78, 5) is 0.